The highest BCUT2D eigenvalue weighted by molar-refractivity contribution is 7.99. The first-order valence-electron chi connectivity index (χ1n) is 11.0. The van der Waals surface area contributed by atoms with Crippen molar-refractivity contribution in [3.8, 4) is 17.3 Å². The topological polar surface area (TPSA) is 96.1 Å². The molecule has 0 radical (unpaired) electrons. The van der Waals surface area contributed by atoms with E-state index in [9.17, 15) is 4.79 Å². The van der Waals surface area contributed by atoms with Gasteiger partial charge in [0, 0.05) is 25.5 Å². The number of aryl methyl sites for hydroxylation is 4. The van der Waals surface area contributed by atoms with E-state index < -0.39 is 0 Å². The van der Waals surface area contributed by atoms with Crippen LogP contribution in [0.15, 0.2) is 23.5 Å². The average molecular weight is 473 g/mol. The zero-order valence-electron chi connectivity index (χ0n) is 20.1. The Labute approximate surface area is 198 Å². The largest absolute Gasteiger partial charge is 0.476 e. The average Bonchev–Trinajstić information content (AvgIpc) is 3.36. The summed E-state index contributed by atoms with van der Waals surface area (Å²) < 4.78 is 14.8. The summed E-state index contributed by atoms with van der Waals surface area (Å²) in [5.41, 5.74) is 4.90. The SMILES string of the molecule is CCOc1nn(CC)cc1-c1nnc(SCC(=O)Nc2c(C)cc(C)cc2C)n1CCOC. The number of hydrogen-bond donors (Lipinski definition) is 1. The number of aromatic nitrogens is 5. The summed E-state index contributed by atoms with van der Waals surface area (Å²) >= 11 is 1.34. The summed E-state index contributed by atoms with van der Waals surface area (Å²) in [4.78, 5) is 12.7. The van der Waals surface area contributed by atoms with Gasteiger partial charge in [-0.25, -0.2) is 0 Å². The Bertz CT molecular complexity index is 1080. The van der Waals surface area contributed by atoms with Crippen molar-refractivity contribution in [1.29, 1.82) is 0 Å². The molecular weight excluding hydrogens is 440 g/mol. The molecule has 0 unspecified atom stereocenters. The Morgan fingerprint density at radius 2 is 1.88 bits per heavy atom. The van der Waals surface area contributed by atoms with Crippen LogP contribution in [0.4, 0.5) is 5.69 Å². The number of ether oxygens (including phenoxy) is 2. The van der Waals surface area contributed by atoms with Crippen LogP contribution in [0.3, 0.4) is 0 Å². The van der Waals surface area contributed by atoms with Gasteiger partial charge >= 0.3 is 0 Å². The van der Waals surface area contributed by atoms with E-state index in [1.165, 1.54) is 17.3 Å². The van der Waals surface area contributed by atoms with Crippen LogP contribution in [0.25, 0.3) is 11.4 Å². The Morgan fingerprint density at radius 3 is 2.52 bits per heavy atom. The Kier molecular flexibility index (Phi) is 8.51. The van der Waals surface area contributed by atoms with Crippen molar-refractivity contribution in [1.82, 2.24) is 24.5 Å². The molecule has 1 amide bonds. The van der Waals surface area contributed by atoms with Crippen LogP contribution in [0.1, 0.15) is 30.5 Å². The third-order valence-electron chi connectivity index (χ3n) is 5.08. The van der Waals surface area contributed by atoms with Crippen molar-refractivity contribution < 1.29 is 14.3 Å². The Morgan fingerprint density at radius 1 is 1.15 bits per heavy atom. The predicted molar refractivity (Wildman–Crippen MR) is 130 cm³/mol. The number of rotatable bonds is 11. The van der Waals surface area contributed by atoms with Crippen molar-refractivity contribution in [2.75, 3.05) is 31.4 Å². The lowest BCUT2D eigenvalue weighted by molar-refractivity contribution is -0.113. The van der Waals surface area contributed by atoms with Gasteiger partial charge in [-0.05, 0) is 45.7 Å². The fourth-order valence-corrected chi connectivity index (χ4v) is 4.39. The highest BCUT2D eigenvalue weighted by Crippen LogP contribution is 2.31. The summed E-state index contributed by atoms with van der Waals surface area (Å²) in [5.74, 6) is 1.28. The van der Waals surface area contributed by atoms with E-state index in [2.05, 4.69) is 32.7 Å². The molecule has 0 atom stereocenters. The van der Waals surface area contributed by atoms with Crippen molar-refractivity contribution in [3.05, 3.63) is 35.0 Å². The molecule has 1 N–H and O–H groups in total. The van der Waals surface area contributed by atoms with E-state index in [1.807, 2.05) is 50.1 Å². The minimum Gasteiger partial charge on any atom is -0.476 e. The van der Waals surface area contributed by atoms with Crippen molar-refractivity contribution in [2.45, 2.75) is 52.9 Å². The number of carbonyl (C=O) groups is 1. The first-order valence-corrected chi connectivity index (χ1v) is 12.0. The molecule has 0 spiro atoms. The van der Waals surface area contributed by atoms with Crippen molar-refractivity contribution >= 4 is 23.4 Å². The summed E-state index contributed by atoms with van der Waals surface area (Å²) in [6.07, 6.45) is 1.91. The lowest BCUT2D eigenvalue weighted by Gasteiger charge is -2.13. The molecule has 3 aromatic rings. The second-order valence-corrected chi connectivity index (χ2v) is 8.64. The number of anilines is 1. The number of hydrogen-bond acceptors (Lipinski definition) is 7. The number of nitrogens with zero attached hydrogens (tertiary/aromatic N) is 5. The quantitative estimate of drug-likeness (QED) is 0.423. The van der Waals surface area contributed by atoms with Crippen LogP contribution in [0.2, 0.25) is 0 Å². The molecular formula is C23H32N6O3S. The van der Waals surface area contributed by atoms with Gasteiger partial charge < -0.3 is 14.8 Å². The number of amides is 1. The molecule has 2 heterocycles. The maximum atomic E-state index is 12.7. The van der Waals surface area contributed by atoms with Gasteiger partial charge in [0.25, 0.3) is 0 Å². The number of benzene rings is 1. The zero-order valence-corrected chi connectivity index (χ0v) is 21.0. The van der Waals surface area contributed by atoms with Crippen molar-refractivity contribution in [2.24, 2.45) is 0 Å². The van der Waals surface area contributed by atoms with Gasteiger partial charge in [-0.2, -0.15) is 0 Å². The molecule has 0 aliphatic carbocycles. The highest BCUT2D eigenvalue weighted by atomic mass is 32.2. The number of thioether (sulfide) groups is 1. The second kappa shape index (κ2) is 11.3. The molecule has 0 bridgehead atoms. The van der Waals surface area contributed by atoms with Gasteiger partial charge in [0.2, 0.25) is 11.8 Å². The van der Waals surface area contributed by atoms with Gasteiger partial charge in [0.05, 0.1) is 25.5 Å². The maximum Gasteiger partial charge on any atom is 0.243 e. The zero-order chi connectivity index (χ0) is 24.0. The molecule has 178 valence electrons. The highest BCUT2D eigenvalue weighted by Gasteiger charge is 2.21. The summed E-state index contributed by atoms with van der Waals surface area (Å²) in [5, 5.41) is 16.9. The minimum absolute atomic E-state index is 0.0910. The van der Waals surface area contributed by atoms with Gasteiger partial charge in [0.15, 0.2) is 11.0 Å². The maximum absolute atomic E-state index is 12.7. The molecule has 0 aliphatic rings. The predicted octanol–water partition coefficient (Wildman–Crippen LogP) is 3.86. The fraction of sp³-hybridized carbons (Fsp3) is 0.478. The number of carbonyl (C=O) groups excluding carboxylic acids is 1. The molecule has 2 aromatic heterocycles. The standard InChI is InChI=1S/C23H32N6O3S/c1-7-28-13-18(22(27-28)32-8-2)21-25-26-23(29(21)9-10-31-6)33-14-19(30)24-20-16(4)11-15(3)12-17(20)5/h11-13H,7-10,14H2,1-6H3,(H,24,30). The lowest BCUT2D eigenvalue weighted by atomic mass is 10.1. The molecule has 3 rings (SSSR count). The van der Waals surface area contributed by atoms with Crippen LogP contribution in [0, 0.1) is 20.8 Å². The molecule has 0 saturated carbocycles. The van der Waals surface area contributed by atoms with Crippen LogP contribution < -0.4 is 10.1 Å². The summed E-state index contributed by atoms with van der Waals surface area (Å²) in [6, 6.07) is 4.13. The van der Waals surface area contributed by atoms with E-state index in [0.717, 1.165) is 22.4 Å². The summed E-state index contributed by atoms with van der Waals surface area (Å²) in [7, 11) is 1.65. The van der Waals surface area contributed by atoms with Gasteiger partial charge in [-0.1, -0.05) is 29.5 Å². The number of nitrogens with one attached hydrogen (secondary N) is 1. The minimum atomic E-state index is -0.0910. The third kappa shape index (κ3) is 5.94. The molecule has 0 saturated heterocycles. The normalized spacial score (nSPS) is 11.1. The molecule has 33 heavy (non-hydrogen) atoms. The molecule has 0 aliphatic heterocycles. The van der Waals surface area contributed by atoms with Gasteiger partial charge in [0.1, 0.15) is 5.56 Å². The second-order valence-electron chi connectivity index (χ2n) is 7.70. The van der Waals surface area contributed by atoms with E-state index in [0.29, 0.717) is 43.2 Å². The fourth-order valence-electron chi connectivity index (χ4n) is 3.62. The molecule has 0 fully saturated rings. The Balaban J connectivity index is 1.81. The third-order valence-corrected chi connectivity index (χ3v) is 6.05. The molecule has 10 heteroatoms. The van der Waals surface area contributed by atoms with Gasteiger partial charge in [-0.15, -0.1) is 15.3 Å². The summed E-state index contributed by atoms with van der Waals surface area (Å²) in [6.45, 7) is 12.2. The number of methoxy groups -OCH3 is 1. The van der Waals surface area contributed by atoms with Crippen LogP contribution in [-0.2, 0) is 22.6 Å². The Hall–Kier alpha value is -2.85. The van der Waals surface area contributed by atoms with Crippen LogP contribution >= 0.6 is 11.8 Å². The monoisotopic (exact) mass is 472 g/mol. The first-order chi connectivity index (χ1) is 15.9. The van der Waals surface area contributed by atoms with Crippen molar-refractivity contribution in [3.63, 3.8) is 0 Å². The van der Waals surface area contributed by atoms with E-state index in [1.54, 1.807) is 7.11 Å². The van der Waals surface area contributed by atoms with E-state index >= 15 is 0 Å². The van der Waals surface area contributed by atoms with Crippen LogP contribution in [-0.4, -0.2) is 56.5 Å². The molecule has 1 aromatic carbocycles. The molecule has 9 nitrogen and oxygen atoms in total. The van der Waals surface area contributed by atoms with E-state index in [-0.39, 0.29) is 11.7 Å². The first kappa shape index (κ1) is 24.8. The lowest BCUT2D eigenvalue weighted by Crippen LogP contribution is -2.16. The van der Waals surface area contributed by atoms with E-state index in [4.69, 9.17) is 9.47 Å². The smallest absolute Gasteiger partial charge is 0.243 e. The van der Waals surface area contributed by atoms with Gasteiger partial charge in [-0.3, -0.25) is 14.0 Å². The van der Waals surface area contributed by atoms with Crippen LogP contribution in [0.5, 0.6) is 5.88 Å².